The molecule has 1 aromatic heterocycles. The molecule has 0 fully saturated rings. The number of hydrogen-bond acceptors (Lipinski definition) is 0. The maximum absolute atomic E-state index is 2.37. The van der Waals surface area contributed by atoms with E-state index >= 15 is 0 Å². The van der Waals surface area contributed by atoms with Gasteiger partial charge < -0.3 is 0 Å². The average Bonchev–Trinajstić information content (AvgIpc) is 2.94. The molecule has 0 saturated heterocycles. The monoisotopic (exact) mass is 355 g/mol. The molecule has 0 bridgehead atoms. The highest BCUT2D eigenvalue weighted by Crippen LogP contribution is 2.32. The summed E-state index contributed by atoms with van der Waals surface area (Å²) in [6.45, 7) is 9.02. The van der Waals surface area contributed by atoms with Crippen molar-refractivity contribution in [1.29, 1.82) is 0 Å². The lowest BCUT2D eigenvalue weighted by Gasteiger charge is -2.20. The number of aryl methyl sites for hydroxylation is 2. The fraction of sp³-hybridized carbons (Fsp3) is 0.240. The van der Waals surface area contributed by atoms with E-state index in [1.807, 2.05) is 0 Å². The van der Waals surface area contributed by atoms with Gasteiger partial charge in [-0.3, -0.25) is 0 Å². The Balaban J connectivity index is 2.04. The molecule has 0 unspecified atom stereocenters. The number of para-hydroxylation sites is 3. The molecule has 0 saturated carbocycles. The van der Waals surface area contributed by atoms with Crippen molar-refractivity contribution in [3.05, 3.63) is 83.9 Å². The molecule has 2 heteroatoms. The summed E-state index contributed by atoms with van der Waals surface area (Å²) in [4.78, 5) is 0. The number of rotatable bonds is 2. The Kier molecular flexibility index (Phi) is 4.15. The second-order valence-electron chi connectivity index (χ2n) is 8.32. The fourth-order valence-electron chi connectivity index (χ4n) is 3.84. The minimum Gasteiger partial charge on any atom is -0.225 e. The van der Waals surface area contributed by atoms with Gasteiger partial charge in [-0.1, -0.05) is 63.2 Å². The fourth-order valence-corrected chi connectivity index (χ4v) is 3.84. The molecule has 3 aromatic carbocycles. The predicted octanol–water partition coefficient (Wildman–Crippen LogP) is 5.73. The van der Waals surface area contributed by atoms with Gasteiger partial charge in [-0.25, -0.2) is 4.57 Å². The van der Waals surface area contributed by atoms with Crippen LogP contribution < -0.4 is 4.57 Å². The summed E-state index contributed by atoms with van der Waals surface area (Å²) in [5.74, 6) is 1.21. The quantitative estimate of drug-likeness (QED) is 0.406. The predicted molar refractivity (Wildman–Crippen MR) is 113 cm³/mol. The molecule has 0 N–H and O–H groups in total. The van der Waals surface area contributed by atoms with Crippen LogP contribution in [0.25, 0.3) is 28.1 Å². The Labute approximate surface area is 161 Å². The zero-order valence-electron chi connectivity index (χ0n) is 16.8. The summed E-state index contributed by atoms with van der Waals surface area (Å²) in [5, 5.41) is 0. The lowest BCUT2D eigenvalue weighted by atomic mass is 9.85. The number of imidazole rings is 1. The number of fused-ring (bicyclic) bond motifs is 1. The van der Waals surface area contributed by atoms with Crippen molar-refractivity contribution in [2.75, 3.05) is 0 Å². The molecule has 136 valence electrons. The third kappa shape index (κ3) is 2.95. The number of nitrogens with zero attached hydrogens (tertiary/aromatic N) is 2. The van der Waals surface area contributed by atoms with Crippen LogP contribution in [0.15, 0.2) is 72.8 Å². The third-order valence-electron chi connectivity index (χ3n) is 5.36. The maximum atomic E-state index is 2.37. The van der Waals surface area contributed by atoms with Gasteiger partial charge in [0.25, 0.3) is 5.82 Å². The van der Waals surface area contributed by atoms with Gasteiger partial charge in [0, 0.05) is 0 Å². The Morgan fingerprint density at radius 3 is 2.15 bits per heavy atom. The molecule has 2 nitrogen and oxygen atoms in total. The number of benzene rings is 3. The topological polar surface area (TPSA) is 8.81 Å². The van der Waals surface area contributed by atoms with Crippen LogP contribution in [-0.4, -0.2) is 4.57 Å². The summed E-state index contributed by atoms with van der Waals surface area (Å²) < 4.78 is 4.68. The maximum Gasteiger partial charge on any atom is 0.295 e. The summed E-state index contributed by atoms with van der Waals surface area (Å²) in [6, 6.07) is 26.1. The van der Waals surface area contributed by atoms with Gasteiger partial charge in [-0.2, -0.15) is 4.57 Å². The van der Waals surface area contributed by atoms with E-state index in [0.29, 0.717) is 0 Å². The molecular weight excluding hydrogens is 328 g/mol. The summed E-state index contributed by atoms with van der Waals surface area (Å²) in [6.07, 6.45) is 0. The first-order valence-corrected chi connectivity index (χ1v) is 9.54. The zero-order valence-corrected chi connectivity index (χ0v) is 16.8. The number of hydrogen-bond donors (Lipinski definition) is 0. The van der Waals surface area contributed by atoms with Gasteiger partial charge in [0.1, 0.15) is 5.69 Å². The zero-order chi connectivity index (χ0) is 19.2. The smallest absolute Gasteiger partial charge is 0.225 e. The lowest BCUT2D eigenvalue weighted by molar-refractivity contribution is -0.633. The molecule has 1 heterocycles. The van der Waals surface area contributed by atoms with Gasteiger partial charge in [0.15, 0.2) is 11.0 Å². The minimum absolute atomic E-state index is 0.150. The third-order valence-corrected chi connectivity index (χ3v) is 5.36. The van der Waals surface area contributed by atoms with Crippen LogP contribution in [0.2, 0.25) is 0 Å². The van der Waals surface area contributed by atoms with Crippen molar-refractivity contribution >= 4 is 11.0 Å². The van der Waals surface area contributed by atoms with E-state index in [4.69, 9.17) is 0 Å². The molecule has 0 aliphatic rings. The summed E-state index contributed by atoms with van der Waals surface area (Å²) in [5.41, 5.74) is 7.73. The van der Waals surface area contributed by atoms with Crippen molar-refractivity contribution < 1.29 is 4.57 Å². The van der Waals surface area contributed by atoms with E-state index in [1.165, 1.54) is 39.2 Å². The van der Waals surface area contributed by atoms with Crippen molar-refractivity contribution in [2.45, 2.75) is 33.1 Å². The molecule has 0 radical (unpaired) electrons. The van der Waals surface area contributed by atoms with Crippen LogP contribution in [0.1, 0.15) is 31.9 Å². The van der Waals surface area contributed by atoms with Crippen molar-refractivity contribution in [2.24, 2.45) is 7.05 Å². The number of aromatic nitrogens is 2. The normalized spacial score (nSPS) is 11.9. The molecule has 4 rings (SSSR count). The van der Waals surface area contributed by atoms with Gasteiger partial charge in [0.2, 0.25) is 0 Å². The summed E-state index contributed by atoms with van der Waals surface area (Å²) >= 11 is 0. The van der Waals surface area contributed by atoms with Gasteiger partial charge >= 0.3 is 0 Å². The van der Waals surface area contributed by atoms with E-state index in [1.54, 1.807) is 0 Å². The molecule has 0 aliphatic carbocycles. The van der Waals surface area contributed by atoms with E-state index in [0.717, 1.165) is 0 Å². The van der Waals surface area contributed by atoms with Crippen molar-refractivity contribution in [1.82, 2.24) is 4.57 Å². The van der Waals surface area contributed by atoms with Crippen LogP contribution in [0.4, 0.5) is 0 Å². The highest BCUT2D eigenvalue weighted by Gasteiger charge is 2.27. The highest BCUT2D eigenvalue weighted by molar-refractivity contribution is 5.79. The van der Waals surface area contributed by atoms with Gasteiger partial charge in [0.05, 0.1) is 12.6 Å². The van der Waals surface area contributed by atoms with E-state index in [9.17, 15) is 0 Å². The Bertz CT molecular complexity index is 1110. The molecule has 4 aromatic rings. The second kappa shape index (κ2) is 6.38. The van der Waals surface area contributed by atoms with Crippen LogP contribution in [0.5, 0.6) is 0 Å². The standard InChI is InChI=1S/C25H27N2/c1-18-17-19(25(2,3)4)15-16-21(18)24-26(5)22-13-9-10-14-23(22)27(24)20-11-7-6-8-12-20/h6-17H,1-5H3/q+1. The van der Waals surface area contributed by atoms with E-state index in [2.05, 4.69) is 117 Å². The van der Waals surface area contributed by atoms with E-state index < -0.39 is 0 Å². The largest absolute Gasteiger partial charge is 0.295 e. The average molecular weight is 356 g/mol. The Hall–Kier alpha value is -2.87. The molecule has 0 amide bonds. The molecule has 0 atom stereocenters. The molecule has 0 spiro atoms. The van der Waals surface area contributed by atoms with Crippen LogP contribution >= 0.6 is 0 Å². The Morgan fingerprint density at radius 2 is 1.48 bits per heavy atom. The first-order chi connectivity index (χ1) is 12.9. The minimum atomic E-state index is 0.150. The lowest BCUT2D eigenvalue weighted by Crippen LogP contribution is -2.30. The van der Waals surface area contributed by atoms with Crippen molar-refractivity contribution in [3.8, 4) is 17.1 Å². The highest BCUT2D eigenvalue weighted by atomic mass is 15.2. The molecule has 27 heavy (non-hydrogen) atoms. The second-order valence-corrected chi connectivity index (χ2v) is 8.32. The Morgan fingerprint density at radius 1 is 0.815 bits per heavy atom. The first-order valence-electron chi connectivity index (χ1n) is 9.54. The molecular formula is C25H27N2+. The van der Waals surface area contributed by atoms with E-state index in [-0.39, 0.29) is 5.41 Å². The van der Waals surface area contributed by atoms with Crippen LogP contribution in [0.3, 0.4) is 0 Å². The van der Waals surface area contributed by atoms with Crippen LogP contribution in [0, 0.1) is 6.92 Å². The van der Waals surface area contributed by atoms with Gasteiger partial charge in [-0.05, 0) is 53.8 Å². The summed E-state index contributed by atoms with van der Waals surface area (Å²) in [7, 11) is 2.16. The SMILES string of the molecule is Cc1cc(C(C)(C)C)ccc1-c1n(-c2ccccc2)c2ccccc2[n+]1C. The molecule has 0 aliphatic heterocycles. The van der Waals surface area contributed by atoms with Gasteiger partial charge in [-0.15, -0.1) is 0 Å². The van der Waals surface area contributed by atoms with Crippen LogP contribution in [-0.2, 0) is 12.5 Å². The van der Waals surface area contributed by atoms with Crippen molar-refractivity contribution in [3.63, 3.8) is 0 Å². The first kappa shape index (κ1) is 17.5.